The quantitative estimate of drug-likeness (QED) is 0.553. The smallest absolute Gasteiger partial charge is 0.337 e. The van der Waals surface area contributed by atoms with E-state index >= 15 is 0 Å². The van der Waals surface area contributed by atoms with Crippen LogP contribution >= 0.6 is 11.6 Å². The Balaban J connectivity index is 1.80. The Morgan fingerprint density at radius 3 is 2.78 bits per heavy atom. The summed E-state index contributed by atoms with van der Waals surface area (Å²) < 4.78 is 4.02. The first-order chi connectivity index (χ1) is 12.9. The maximum Gasteiger partial charge on any atom is 0.337 e. The number of benzene rings is 1. The van der Waals surface area contributed by atoms with Gasteiger partial charge < -0.3 is 9.67 Å². The molecule has 0 aliphatic heterocycles. The fourth-order valence-corrected chi connectivity index (χ4v) is 3.64. The molecule has 6 nitrogen and oxygen atoms in total. The van der Waals surface area contributed by atoms with Gasteiger partial charge in [0.15, 0.2) is 0 Å². The molecule has 0 fully saturated rings. The highest BCUT2D eigenvalue weighted by atomic mass is 35.5. The van der Waals surface area contributed by atoms with Gasteiger partial charge in [-0.05, 0) is 35.7 Å². The van der Waals surface area contributed by atoms with Gasteiger partial charge in [0.25, 0.3) is 0 Å². The minimum atomic E-state index is -0.980. The number of aromatic carboxylic acids is 1. The lowest BCUT2D eigenvalue weighted by Gasteiger charge is -2.12. The van der Waals surface area contributed by atoms with Crippen LogP contribution in [-0.2, 0) is 13.1 Å². The number of carbonyl (C=O) groups is 1. The molecule has 0 bridgehead atoms. The van der Waals surface area contributed by atoms with Crippen LogP contribution in [0, 0.1) is 5.92 Å². The molecule has 138 valence electrons. The van der Waals surface area contributed by atoms with Gasteiger partial charge in [0.05, 0.1) is 23.8 Å². The van der Waals surface area contributed by atoms with Gasteiger partial charge in [-0.3, -0.25) is 4.68 Å². The number of halogens is 1. The van der Waals surface area contributed by atoms with E-state index in [9.17, 15) is 4.79 Å². The van der Waals surface area contributed by atoms with Crippen LogP contribution in [0.5, 0.6) is 0 Å². The van der Waals surface area contributed by atoms with Crippen LogP contribution in [0.2, 0.25) is 5.02 Å². The predicted molar refractivity (Wildman–Crippen MR) is 105 cm³/mol. The third-order valence-corrected chi connectivity index (χ3v) is 4.72. The van der Waals surface area contributed by atoms with Crippen molar-refractivity contribution in [3.8, 4) is 0 Å². The van der Waals surface area contributed by atoms with Crippen molar-refractivity contribution < 1.29 is 9.90 Å². The fourth-order valence-electron chi connectivity index (χ4n) is 3.39. The number of nitrogens with zero attached hydrogens (tertiary/aromatic N) is 4. The van der Waals surface area contributed by atoms with E-state index in [0.717, 1.165) is 34.0 Å². The summed E-state index contributed by atoms with van der Waals surface area (Å²) in [5.74, 6) is -0.508. The van der Waals surface area contributed by atoms with E-state index in [-0.39, 0.29) is 5.56 Å². The van der Waals surface area contributed by atoms with Gasteiger partial charge in [-0.2, -0.15) is 5.10 Å². The molecule has 1 aromatic carbocycles. The number of hydrogen-bond donors (Lipinski definition) is 1. The van der Waals surface area contributed by atoms with E-state index in [1.165, 1.54) is 6.20 Å². The number of carboxylic acids is 1. The minimum absolute atomic E-state index is 0.181. The second kappa shape index (κ2) is 6.70. The fraction of sp³-hybridized carbons (Fsp3) is 0.250. The molecular weight excluding hydrogens is 364 g/mol. The van der Waals surface area contributed by atoms with E-state index in [4.69, 9.17) is 16.7 Å². The summed E-state index contributed by atoms with van der Waals surface area (Å²) in [5, 5.41) is 16.1. The van der Waals surface area contributed by atoms with E-state index < -0.39 is 5.97 Å². The Hall–Kier alpha value is -2.86. The van der Waals surface area contributed by atoms with E-state index in [1.54, 1.807) is 6.07 Å². The number of aromatic nitrogens is 4. The van der Waals surface area contributed by atoms with Crippen molar-refractivity contribution in [2.75, 3.05) is 0 Å². The van der Waals surface area contributed by atoms with Gasteiger partial charge >= 0.3 is 5.97 Å². The molecule has 27 heavy (non-hydrogen) atoms. The van der Waals surface area contributed by atoms with Gasteiger partial charge in [0, 0.05) is 34.7 Å². The molecule has 7 heteroatoms. The molecule has 4 rings (SSSR count). The van der Waals surface area contributed by atoms with Crippen molar-refractivity contribution in [2.45, 2.75) is 26.9 Å². The summed E-state index contributed by atoms with van der Waals surface area (Å²) in [7, 11) is 0. The van der Waals surface area contributed by atoms with Crippen molar-refractivity contribution in [3.05, 3.63) is 59.0 Å². The highest BCUT2D eigenvalue weighted by molar-refractivity contribution is 6.31. The van der Waals surface area contributed by atoms with Crippen LogP contribution in [0.25, 0.3) is 21.9 Å². The summed E-state index contributed by atoms with van der Waals surface area (Å²) in [6.45, 7) is 5.72. The first-order valence-electron chi connectivity index (χ1n) is 8.74. The molecule has 0 unspecified atom stereocenters. The molecule has 0 aliphatic carbocycles. The van der Waals surface area contributed by atoms with Crippen LogP contribution in [0.4, 0.5) is 0 Å². The van der Waals surface area contributed by atoms with Crippen LogP contribution in [0.3, 0.4) is 0 Å². The first-order valence-corrected chi connectivity index (χ1v) is 9.12. The molecule has 4 aromatic rings. The van der Waals surface area contributed by atoms with Crippen molar-refractivity contribution in [1.82, 2.24) is 19.3 Å². The molecule has 3 aromatic heterocycles. The van der Waals surface area contributed by atoms with Crippen LogP contribution in [0.1, 0.15) is 29.8 Å². The Bertz CT molecular complexity index is 1160. The summed E-state index contributed by atoms with van der Waals surface area (Å²) >= 11 is 6.33. The molecule has 1 N–H and O–H groups in total. The Kier molecular flexibility index (Phi) is 4.36. The summed E-state index contributed by atoms with van der Waals surface area (Å²) in [4.78, 5) is 15.5. The lowest BCUT2D eigenvalue weighted by atomic mass is 10.1. The number of rotatable bonds is 5. The van der Waals surface area contributed by atoms with Crippen molar-refractivity contribution in [2.24, 2.45) is 5.92 Å². The molecule has 0 spiro atoms. The standard InChI is InChI=1S/C20H19ClN4O2/c1-12(2)10-25-18-14(9-23-25)6-17(21)7-16(18)11-24-4-3-13-5-15(20(26)27)8-22-19(13)24/h3-9,12H,10-11H2,1-2H3,(H,26,27). The number of pyridine rings is 1. The topological polar surface area (TPSA) is 72.9 Å². The van der Waals surface area contributed by atoms with Crippen molar-refractivity contribution in [3.63, 3.8) is 0 Å². The van der Waals surface area contributed by atoms with E-state index in [1.807, 2.05) is 39.8 Å². The van der Waals surface area contributed by atoms with Gasteiger partial charge in [-0.15, -0.1) is 0 Å². The number of fused-ring (bicyclic) bond motifs is 2. The maximum atomic E-state index is 11.2. The summed E-state index contributed by atoms with van der Waals surface area (Å²) in [6, 6.07) is 7.40. The largest absolute Gasteiger partial charge is 0.478 e. The maximum absolute atomic E-state index is 11.2. The molecule has 0 aliphatic rings. The second-order valence-electron chi connectivity index (χ2n) is 7.11. The van der Waals surface area contributed by atoms with Crippen molar-refractivity contribution in [1.29, 1.82) is 0 Å². The van der Waals surface area contributed by atoms with Crippen LogP contribution < -0.4 is 0 Å². The lowest BCUT2D eigenvalue weighted by Crippen LogP contribution is -2.08. The monoisotopic (exact) mass is 382 g/mol. The Morgan fingerprint density at radius 1 is 1.22 bits per heavy atom. The average molecular weight is 383 g/mol. The molecule has 3 heterocycles. The van der Waals surface area contributed by atoms with Crippen molar-refractivity contribution >= 4 is 39.5 Å². The lowest BCUT2D eigenvalue weighted by molar-refractivity contribution is 0.0696. The molecular formula is C20H19ClN4O2. The minimum Gasteiger partial charge on any atom is -0.478 e. The Morgan fingerprint density at radius 2 is 2.04 bits per heavy atom. The number of carboxylic acid groups (broad SMARTS) is 1. The van der Waals surface area contributed by atoms with E-state index in [2.05, 4.69) is 23.9 Å². The van der Waals surface area contributed by atoms with Gasteiger partial charge in [-0.25, -0.2) is 9.78 Å². The predicted octanol–water partition coefficient (Wildman–Crippen LogP) is 4.44. The number of hydrogen-bond acceptors (Lipinski definition) is 3. The molecule has 0 saturated heterocycles. The van der Waals surface area contributed by atoms with Crippen LogP contribution in [0.15, 0.2) is 42.9 Å². The average Bonchev–Trinajstić information content (AvgIpc) is 3.18. The molecule has 0 radical (unpaired) electrons. The summed E-state index contributed by atoms with van der Waals surface area (Å²) in [5.41, 5.74) is 3.04. The van der Waals surface area contributed by atoms with Crippen LogP contribution in [-0.4, -0.2) is 30.4 Å². The summed E-state index contributed by atoms with van der Waals surface area (Å²) in [6.07, 6.45) is 5.15. The van der Waals surface area contributed by atoms with Gasteiger partial charge in [0.2, 0.25) is 0 Å². The third kappa shape index (κ3) is 3.28. The third-order valence-electron chi connectivity index (χ3n) is 4.50. The normalized spacial score (nSPS) is 11.7. The molecule has 0 saturated carbocycles. The first kappa shape index (κ1) is 17.5. The Labute approximate surface area is 161 Å². The van der Waals surface area contributed by atoms with Gasteiger partial charge in [0.1, 0.15) is 5.65 Å². The molecule has 0 atom stereocenters. The molecule has 0 amide bonds. The zero-order valence-corrected chi connectivity index (χ0v) is 15.8. The highest BCUT2D eigenvalue weighted by Crippen LogP contribution is 2.27. The second-order valence-corrected chi connectivity index (χ2v) is 7.55. The zero-order valence-electron chi connectivity index (χ0n) is 15.1. The zero-order chi connectivity index (χ0) is 19.1. The van der Waals surface area contributed by atoms with E-state index in [0.29, 0.717) is 17.5 Å². The SMILES string of the molecule is CC(C)Cn1ncc2cc(Cl)cc(Cn3ccc4cc(C(=O)O)cnc43)c21. The highest BCUT2D eigenvalue weighted by Gasteiger charge is 2.14. The van der Waals surface area contributed by atoms with Gasteiger partial charge in [-0.1, -0.05) is 25.4 Å².